The number of nitrogens with zero attached hydrogens (tertiary/aromatic N) is 1. The first kappa shape index (κ1) is 22.0. The fourth-order valence-corrected chi connectivity index (χ4v) is 2.96. The predicted octanol–water partition coefficient (Wildman–Crippen LogP) is 3.32. The number of alkyl halides is 3. The molecule has 0 fully saturated rings. The average Bonchev–Trinajstić information content (AvgIpc) is 2.73. The van der Waals surface area contributed by atoms with Crippen molar-refractivity contribution in [1.29, 1.82) is 0 Å². The van der Waals surface area contributed by atoms with Crippen molar-refractivity contribution in [1.82, 2.24) is 9.97 Å². The molecule has 1 aromatic carbocycles. The number of primary amides is 1. The van der Waals surface area contributed by atoms with Crippen molar-refractivity contribution in [2.75, 3.05) is 13.7 Å². The topological polar surface area (TPSA) is 107 Å². The molecule has 0 radical (unpaired) electrons. The summed E-state index contributed by atoms with van der Waals surface area (Å²) in [6.45, 7) is 0.230. The van der Waals surface area contributed by atoms with Crippen LogP contribution in [0.25, 0.3) is 11.1 Å². The minimum Gasteiger partial charge on any atom is -0.483 e. The van der Waals surface area contributed by atoms with Crippen molar-refractivity contribution in [3.8, 4) is 16.9 Å². The summed E-state index contributed by atoms with van der Waals surface area (Å²) in [5, 5.41) is 0. The fraction of sp³-hybridized carbons (Fsp3) is 0.190. The van der Waals surface area contributed by atoms with Crippen molar-refractivity contribution < 1.29 is 27.4 Å². The summed E-state index contributed by atoms with van der Waals surface area (Å²) < 4.78 is 51.4. The van der Waals surface area contributed by atoms with Crippen molar-refractivity contribution >= 4 is 5.91 Å². The normalized spacial score (nSPS) is 12.4. The van der Waals surface area contributed by atoms with Crippen molar-refractivity contribution in [2.45, 2.75) is 12.3 Å². The molecule has 3 N–H and O–H groups in total. The molecular formula is C21H18F3N3O4. The molecule has 1 atom stereocenters. The van der Waals surface area contributed by atoms with E-state index in [0.29, 0.717) is 5.75 Å². The number of carbonyl (C=O) groups is 1. The molecule has 3 aromatic rings. The largest absolute Gasteiger partial charge is 0.483 e. The standard InChI is InChI=1S/C21H18F3N3O4/c1-30-11-17(13-3-2-8-26-10-13)31-14-6-4-12(5-7-14)15-9-16(19(25)28)20(29)27-18(15)21(22,23)24/h2-10,17H,11H2,1H3,(H2,25,28)(H,27,29). The monoisotopic (exact) mass is 433 g/mol. The number of hydrogen-bond acceptors (Lipinski definition) is 5. The Bertz CT molecular complexity index is 1110. The highest BCUT2D eigenvalue weighted by Crippen LogP contribution is 2.36. The van der Waals surface area contributed by atoms with Crippen LogP contribution in [0, 0.1) is 0 Å². The molecule has 10 heteroatoms. The van der Waals surface area contributed by atoms with E-state index >= 15 is 0 Å². The highest BCUT2D eigenvalue weighted by atomic mass is 19.4. The van der Waals surface area contributed by atoms with E-state index in [1.807, 2.05) is 6.07 Å². The molecule has 31 heavy (non-hydrogen) atoms. The molecule has 162 valence electrons. The van der Waals surface area contributed by atoms with Crippen LogP contribution in [0.15, 0.2) is 59.7 Å². The number of H-pyrrole nitrogens is 1. The Hall–Kier alpha value is -3.66. The summed E-state index contributed by atoms with van der Waals surface area (Å²) in [5.41, 5.74) is 2.55. The third kappa shape index (κ3) is 5.10. The molecule has 1 amide bonds. The fourth-order valence-electron chi connectivity index (χ4n) is 2.96. The van der Waals surface area contributed by atoms with Crippen LogP contribution in [-0.2, 0) is 10.9 Å². The van der Waals surface area contributed by atoms with Gasteiger partial charge in [-0.1, -0.05) is 18.2 Å². The lowest BCUT2D eigenvalue weighted by atomic mass is 10.0. The predicted molar refractivity (Wildman–Crippen MR) is 106 cm³/mol. The minimum absolute atomic E-state index is 0.114. The van der Waals surface area contributed by atoms with Gasteiger partial charge in [-0.05, 0) is 29.8 Å². The van der Waals surface area contributed by atoms with Gasteiger partial charge in [-0.2, -0.15) is 13.2 Å². The first-order chi connectivity index (χ1) is 14.7. The zero-order valence-electron chi connectivity index (χ0n) is 16.3. The Balaban J connectivity index is 1.96. The molecule has 0 saturated heterocycles. The number of aromatic amines is 1. The van der Waals surface area contributed by atoms with E-state index in [-0.39, 0.29) is 17.7 Å². The second-order valence-electron chi connectivity index (χ2n) is 6.54. The number of pyridine rings is 2. The van der Waals surface area contributed by atoms with Crippen molar-refractivity contribution in [3.63, 3.8) is 0 Å². The minimum atomic E-state index is -4.84. The molecule has 0 saturated carbocycles. The Labute approximate surface area is 174 Å². The molecule has 0 spiro atoms. The van der Waals surface area contributed by atoms with Crippen LogP contribution < -0.4 is 16.0 Å². The molecule has 2 aromatic heterocycles. The SMILES string of the molecule is COCC(Oc1ccc(-c2cc(C(N)=O)c(=O)[nH]c2C(F)(F)F)cc1)c1cccnc1. The zero-order valence-corrected chi connectivity index (χ0v) is 16.3. The molecule has 1 unspecified atom stereocenters. The second kappa shape index (κ2) is 9.00. The van der Waals surface area contributed by atoms with Crippen molar-refractivity contribution in [3.05, 3.63) is 82.0 Å². The first-order valence-corrected chi connectivity index (χ1v) is 9.01. The number of benzene rings is 1. The Kier molecular flexibility index (Phi) is 6.40. The van der Waals surface area contributed by atoms with E-state index < -0.39 is 35.0 Å². The van der Waals surface area contributed by atoms with Gasteiger partial charge in [0, 0.05) is 30.6 Å². The van der Waals surface area contributed by atoms with Crippen LogP contribution in [0.5, 0.6) is 5.75 Å². The summed E-state index contributed by atoms with van der Waals surface area (Å²) >= 11 is 0. The molecule has 0 aliphatic heterocycles. The number of ether oxygens (including phenoxy) is 2. The third-order valence-electron chi connectivity index (χ3n) is 4.41. The highest BCUT2D eigenvalue weighted by molar-refractivity contribution is 5.94. The van der Waals surface area contributed by atoms with Gasteiger partial charge in [0.25, 0.3) is 11.5 Å². The summed E-state index contributed by atoms with van der Waals surface area (Å²) in [5.74, 6) is -0.752. The van der Waals surface area contributed by atoms with E-state index in [1.54, 1.807) is 23.4 Å². The smallest absolute Gasteiger partial charge is 0.431 e. The molecule has 0 aliphatic carbocycles. The van der Waals surface area contributed by atoms with Crippen molar-refractivity contribution in [2.24, 2.45) is 5.73 Å². The van der Waals surface area contributed by atoms with Crippen LogP contribution in [0.2, 0.25) is 0 Å². The zero-order chi connectivity index (χ0) is 22.6. The number of nitrogens with one attached hydrogen (secondary N) is 1. The summed E-state index contributed by atoms with van der Waals surface area (Å²) in [4.78, 5) is 29.0. The lowest BCUT2D eigenvalue weighted by molar-refractivity contribution is -0.140. The summed E-state index contributed by atoms with van der Waals surface area (Å²) in [7, 11) is 1.51. The van der Waals surface area contributed by atoms with Crippen LogP contribution in [0.1, 0.15) is 27.7 Å². The Morgan fingerprint density at radius 3 is 2.48 bits per heavy atom. The first-order valence-electron chi connectivity index (χ1n) is 9.01. The number of rotatable bonds is 7. The molecule has 0 bridgehead atoms. The lowest BCUT2D eigenvalue weighted by Crippen LogP contribution is -2.27. The van der Waals surface area contributed by atoms with Crippen LogP contribution in [-0.4, -0.2) is 29.6 Å². The third-order valence-corrected chi connectivity index (χ3v) is 4.41. The van der Waals surface area contributed by atoms with Gasteiger partial charge >= 0.3 is 6.18 Å². The summed E-state index contributed by atoms with van der Waals surface area (Å²) in [6.07, 6.45) is -2.08. The quantitative estimate of drug-likeness (QED) is 0.594. The number of carbonyl (C=O) groups excluding carboxylic acids is 1. The molecule has 0 aliphatic rings. The van der Waals surface area contributed by atoms with E-state index in [2.05, 4.69) is 4.98 Å². The maximum absolute atomic E-state index is 13.4. The van der Waals surface area contributed by atoms with Crippen LogP contribution >= 0.6 is 0 Å². The van der Waals surface area contributed by atoms with Gasteiger partial charge in [0.1, 0.15) is 23.1 Å². The van der Waals surface area contributed by atoms with Gasteiger partial charge in [-0.3, -0.25) is 14.6 Å². The van der Waals surface area contributed by atoms with Crippen LogP contribution in [0.4, 0.5) is 13.2 Å². The highest BCUT2D eigenvalue weighted by Gasteiger charge is 2.36. The van der Waals surface area contributed by atoms with Crippen LogP contribution in [0.3, 0.4) is 0 Å². The van der Waals surface area contributed by atoms with Gasteiger partial charge in [0.05, 0.1) is 6.61 Å². The number of halogens is 3. The number of methoxy groups -OCH3 is 1. The molecule has 3 rings (SSSR count). The molecule has 2 heterocycles. The van der Waals surface area contributed by atoms with Gasteiger partial charge in [0.15, 0.2) is 0 Å². The van der Waals surface area contributed by atoms with E-state index in [9.17, 15) is 22.8 Å². The van der Waals surface area contributed by atoms with Gasteiger partial charge in [-0.25, -0.2) is 0 Å². The number of aromatic nitrogens is 2. The van der Waals surface area contributed by atoms with Gasteiger partial charge < -0.3 is 20.2 Å². The number of amides is 1. The maximum Gasteiger partial charge on any atom is 0.431 e. The Morgan fingerprint density at radius 1 is 1.23 bits per heavy atom. The molecule has 7 nitrogen and oxygen atoms in total. The Morgan fingerprint density at radius 2 is 1.94 bits per heavy atom. The van der Waals surface area contributed by atoms with E-state index in [0.717, 1.165) is 11.6 Å². The van der Waals surface area contributed by atoms with E-state index in [1.165, 1.54) is 31.4 Å². The van der Waals surface area contributed by atoms with Gasteiger partial charge in [-0.15, -0.1) is 0 Å². The molecular weight excluding hydrogens is 415 g/mol. The maximum atomic E-state index is 13.4. The lowest BCUT2D eigenvalue weighted by Gasteiger charge is -2.19. The second-order valence-corrected chi connectivity index (χ2v) is 6.54. The summed E-state index contributed by atoms with van der Waals surface area (Å²) in [6, 6.07) is 10.1. The average molecular weight is 433 g/mol. The number of hydrogen-bond donors (Lipinski definition) is 2. The van der Waals surface area contributed by atoms with E-state index in [4.69, 9.17) is 15.2 Å². The number of nitrogens with two attached hydrogens (primary N) is 1. The van der Waals surface area contributed by atoms with Gasteiger partial charge in [0.2, 0.25) is 0 Å².